The van der Waals surface area contributed by atoms with E-state index in [1.165, 1.54) is 12.1 Å². The Morgan fingerprint density at radius 2 is 2.07 bits per heavy atom. The third kappa shape index (κ3) is 4.09. The minimum atomic E-state index is -0.560. The van der Waals surface area contributed by atoms with Crippen LogP contribution in [0.4, 0.5) is 20.4 Å². The van der Waals surface area contributed by atoms with Crippen LogP contribution in [-0.4, -0.2) is 28.5 Å². The van der Waals surface area contributed by atoms with E-state index in [1.54, 1.807) is 13.3 Å². The second-order valence-electron chi connectivity index (χ2n) is 6.72. The molecule has 144 valence electrons. The third-order valence-corrected chi connectivity index (χ3v) is 4.75. The summed E-state index contributed by atoms with van der Waals surface area (Å²) in [5, 5.41) is 3.19. The topological polar surface area (TPSA) is 50.3 Å². The molecule has 0 unspecified atom stereocenters. The summed E-state index contributed by atoms with van der Waals surface area (Å²) in [6.07, 6.45) is 2.55. The van der Waals surface area contributed by atoms with Crippen LogP contribution in [0.5, 0.6) is 5.75 Å². The molecule has 4 rings (SSSR count). The molecule has 0 aliphatic carbocycles. The molecule has 1 aliphatic heterocycles. The van der Waals surface area contributed by atoms with Gasteiger partial charge in [-0.3, -0.25) is 4.90 Å². The Labute approximate surface area is 162 Å². The maximum atomic E-state index is 13.9. The Hall–Kier alpha value is -3.06. The fourth-order valence-electron chi connectivity index (χ4n) is 3.29. The summed E-state index contributed by atoms with van der Waals surface area (Å²) < 4.78 is 32.2. The summed E-state index contributed by atoms with van der Waals surface area (Å²) in [5.74, 6) is 0.214. The van der Waals surface area contributed by atoms with Crippen molar-refractivity contribution < 1.29 is 13.5 Å². The first-order valence-corrected chi connectivity index (χ1v) is 9.03. The molecule has 0 saturated carbocycles. The van der Waals surface area contributed by atoms with Gasteiger partial charge in [-0.2, -0.15) is 0 Å². The highest BCUT2D eigenvalue weighted by Gasteiger charge is 2.20. The molecule has 2 aromatic carbocycles. The molecule has 7 heteroatoms. The van der Waals surface area contributed by atoms with Crippen molar-refractivity contribution in [1.29, 1.82) is 0 Å². The number of fused-ring (bicyclic) bond motifs is 1. The number of hydrogen-bond donors (Lipinski definition) is 1. The van der Waals surface area contributed by atoms with E-state index in [4.69, 9.17) is 4.74 Å². The van der Waals surface area contributed by atoms with Gasteiger partial charge < -0.3 is 10.1 Å². The van der Waals surface area contributed by atoms with E-state index in [2.05, 4.69) is 20.2 Å². The number of anilines is 2. The Kier molecular flexibility index (Phi) is 5.16. The number of rotatable bonds is 5. The number of aromatic nitrogens is 2. The van der Waals surface area contributed by atoms with Crippen molar-refractivity contribution in [3.63, 3.8) is 0 Å². The molecule has 1 N–H and O–H groups in total. The normalized spacial score (nSPS) is 13.8. The average Bonchev–Trinajstić information content (AvgIpc) is 2.70. The number of ether oxygens (including phenoxy) is 1. The Bertz CT molecular complexity index is 996. The maximum Gasteiger partial charge on any atom is 0.227 e. The molecular formula is C21H20F2N4O. The smallest absolute Gasteiger partial charge is 0.227 e. The predicted octanol–water partition coefficient (Wildman–Crippen LogP) is 4.07. The fraction of sp³-hybridized carbons (Fsp3) is 0.238. The molecule has 0 amide bonds. The van der Waals surface area contributed by atoms with Gasteiger partial charge in [0.05, 0.1) is 12.8 Å². The predicted molar refractivity (Wildman–Crippen MR) is 102 cm³/mol. The first-order valence-electron chi connectivity index (χ1n) is 9.03. The van der Waals surface area contributed by atoms with Gasteiger partial charge in [-0.05, 0) is 18.2 Å². The number of methoxy groups -OCH3 is 1. The van der Waals surface area contributed by atoms with Gasteiger partial charge in [0.2, 0.25) is 5.95 Å². The summed E-state index contributed by atoms with van der Waals surface area (Å²) in [4.78, 5) is 11.1. The third-order valence-electron chi connectivity index (χ3n) is 4.75. The van der Waals surface area contributed by atoms with Gasteiger partial charge in [-0.15, -0.1) is 0 Å². The van der Waals surface area contributed by atoms with E-state index >= 15 is 0 Å². The standard InChI is InChI=1S/C21H20F2N4O/c1-28-18-4-2-3-17(10-18)25-21-24-11-15-13-27(8-7-20(15)26-21)12-14-5-6-16(22)9-19(14)23/h2-6,9-11H,7-8,12-13H2,1H3,(H,24,25,26). The summed E-state index contributed by atoms with van der Waals surface area (Å²) >= 11 is 0. The zero-order valence-electron chi connectivity index (χ0n) is 15.5. The summed E-state index contributed by atoms with van der Waals surface area (Å²) in [6, 6.07) is 11.3. The van der Waals surface area contributed by atoms with Gasteiger partial charge in [0.25, 0.3) is 0 Å². The molecule has 0 fully saturated rings. The lowest BCUT2D eigenvalue weighted by Gasteiger charge is -2.28. The van der Waals surface area contributed by atoms with Crippen molar-refractivity contribution in [2.45, 2.75) is 19.5 Å². The monoisotopic (exact) mass is 382 g/mol. The molecule has 0 bridgehead atoms. The average molecular weight is 382 g/mol. The van der Waals surface area contributed by atoms with Crippen molar-refractivity contribution in [3.05, 3.63) is 77.1 Å². The van der Waals surface area contributed by atoms with Crippen LogP contribution in [0, 0.1) is 11.6 Å². The molecule has 0 radical (unpaired) electrons. The van der Waals surface area contributed by atoms with Crippen LogP contribution in [0.25, 0.3) is 0 Å². The van der Waals surface area contributed by atoms with Gasteiger partial charge in [-0.1, -0.05) is 12.1 Å². The van der Waals surface area contributed by atoms with E-state index < -0.39 is 11.6 Å². The first kappa shape index (κ1) is 18.3. The van der Waals surface area contributed by atoms with Crippen LogP contribution in [0.15, 0.2) is 48.7 Å². The van der Waals surface area contributed by atoms with E-state index in [9.17, 15) is 8.78 Å². The second kappa shape index (κ2) is 7.90. The van der Waals surface area contributed by atoms with Crippen LogP contribution in [-0.2, 0) is 19.5 Å². The molecule has 1 aliphatic rings. The molecule has 0 atom stereocenters. The van der Waals surface area contributed by atoms with Crippen LogP contribution in [0.2, 0.25) is 0 Å². The van der Waals surface area contributed by atoms with Gasteiger partial charge in [0.1, 0.15) is 17.4 Å². The Balaban J connectivity index is 1.45. The van der Waals surface area contributed by atoms with Gasteiger partial charge >= 0.3 is 0 Å². The largest absolute Gasteiger partial charge is 0.497 e. The van der Waals surface area contributed by atoms with Gasteiger partial charge in [0, 0.05) is 61.2 Å². The molecule has 3 aromatic rings. The summed E-state index contributed by atoms with van der Waals surface area (Å²) in [6.45, 7) is 1.81. The second-order valence-corrected chi connectivity index (χ2v) is 6.72. The Morgan fingerprint density at radius 1 is 1.18 bits per heavy atom. The van der Waals surface area contributed by atoms with Crippen LogP contribution >= 0.6 is 0 Å². The SMILES string of the molecule is COc1cccc(Nc2ncc3c(n2)CCN(Cc2ccc(F)cc2F)C3)c1. The van der Waals surface area contributed by atoms with Gasteiger partial charge in [-0.25, -0.2) is 18.7 Å². The van der Waals surface area contributed by atoms with Crippen molar-refractivity contribution in [2.24, 2.45) is 0 Å². The molecule has 2 heterocycles. The quantitative estimate of drug-likeness (QED) is 0.721. The van der Waals surface area contributed by atoms with Crippen LogP contribution in [0.1, 0.15) is 16.8 Å². The number of benzene rings is 2. The first-order chi connectivity index (χ1) is 13.6. The number of nitrogens with zero attached hydrogens (tertiary/aromatic N) is 3. The fourth-order valence-corrected chi connectivity index (χ4v) is 3.29. The summed E-state index contributed by atoms with van der Waals surface area (Å²) in [5.41, 5.74) is 3.34. The Morgan fingerprint density at radius 3 is 2.89 bits per heavy atom. The van der Waals surface area contributed by atoms with E-state index in [0.717, 1.165) is 41.7 Å². The van der Waals surface area contributed by atoms with Crippen molar-refractivity contribution in [3.8, 4) is 5.75 Å². The molecule has 5 nitrogen and oxygen atoms in total. The molecule has 28 heavy (non-hydrogen) atoms. The zero-order valence-corrected chi connectivity index (χ0v) is 15.5. The highest BCUT2D eigenvalue weighted by atomic mass is 19.1. The zero-order chi connectivity index (χ0) is 19.5. The van der Waals surface area contributed by atoms with E-state index in [1.807, 2.05) is 24.3 Å². The highest BCUT2D eigenvalue weighted by Crippen LogP contribution is 2.23. The highest BCUT2D eigenvalue weighted by molar-refractivity contribution is 5.56. The lowest BCUT2D eigenvalue weighted by molar-refractivity contribution is 0.239. The van der Waals surface area contributed by atoms with Crippen molar-refractivity contribution in [2.75, 3.05) is 19.0 Å². The number of hydrogen-bond acceptors (Lipinski definition) is 5. The lowest BCUT2D eigenvalue weighted by Crippen LogP contribution is -2.31. The van der Waals surface area contributed by atoms with Gasteiger partial charge in [0.15, 0.2) is 0 Å². The van der Waals surface area contributed by atoms with Crippen LogP contribution < -0.4 is 10.1 Å². The van der Waals surface area contributed by atoms with Crippen molar-refractivity contribution >= 4 is 11.6 Å². The lowest BCUT2D eigenvalue weighted by atomic mass is 10.1. The van der Waals surface area contributed by atoms with Crippen molar-refractivity contribution in [1.82, 2.24) is 14.9 Å². The van der Waals surface area contributed by atoms with E-state index in [0.29, 0.717) is 24.6 Å². The number of halogens is 2. The maximum absolute atomic E-state index is 13.9. The molecule has 0 spiro atoms. The molecule has 1 aromatic heterocycles. The molecular weight excluding hydrogens is 362 g/mol. The van der Waals surface area contributed by atoms with E-state index in [-0.39, 0.29) is 0 Å². The summed E-state index contributed by atoms with van der Waals surface area (Å²) in [7, 11) is 1.62. The van der Waals surface area contributed by atoms with Crippen LogP contribution in [0.3, 0.4) is 0 Å². The minimum absolute atomic E-state index is 0.426. The molecule has 0 saturated heterocycles. The minimum Gasteiger partial charge on any atom is -0.497 e. The number of nitrogens with one attached hydrogen (secondary N) is 1.